The molecule has 5 heteroatoms. The van der Waals surface area contributed by atoms with E-state index in [-0.39, 0.29) is 0 Å². The van der Waals surface area contributed by atoms with Crippen LogP contribution >= 0.6 is 38.9 Å². The van der Waals surface area contributed by atoms with Gasteiger partial charge in [-0.25, -0.2) is 4.39 Å². The zero-order valence-electron chi connectivity index (χ0n) is 7.95. The fourth-order valence-electron chi connectivity index (χ4n) is 1.35. The molecule has 0 radical (unpaired) electrons. The fourth-order valence-corrected chi connectivity index (χ4v) is 3.02. The minimum Gasteiger partial charge on any atom is -0.383 e. The molecule has 1 unspecified atom stereocenters. The number of thiophene rings is 1. The van der Waals surface area contributed by atoms with Gasteiger partial charge in [0.2, 0.25) is 0 Å². The van der Waals surface area contributed by atoms with Gasteiger partial charge in [-0.2, -0.15) is 0 Å². The van der Waals surface area contributed by atoms with Crippen LogP contribution in [-0.2, 0) is 0 Å². The average Bonchev–Trinajstić information content (AvgIpc) is 2.67. The number of hydrogen-bond acceptors (Lipinski definition) is 2. The zero-order valence-corrected chi connectivity index (χ0v) is 11.1. The monoisotopic (exact) mass is 320 g/mol. The maximum absolute atomic E-state index is 13.1. The molecule has 2 aromatic rings. The first-order valence-corrected chi connectivity index (χ1v) is 6.50. The molecule has 0 saturated heterocycles. The number of benzene rings is 1. The first kappa shape index (κ1) is 12.0. The van der Waals surface area contributed by atoms with Crippen molar-refractivity contribution >= 4 is 38.9 Å². The van der Waals surface area contributed by atoms with Crippen molar-refractivity contribution in [2.45, 2.75) is 6.10 Å². The van der Waals surface area contributed by atoms with Gasteiger partial charge in [0, 0.05) is 25.3 Å². The van der Waals surface area contributed by atoms with Gasteiger partial charge in [-0.3, -0.25) is 0 Å². The number of halogens is 3. The van der Waals surface area contributed by atoms with E-state index < -0.39 is 11.9 Å². The molecule has 0 bridgehead atoms. The van der Waals surface area contributed by atoms with Gasteiger partial charge >= 0.3 is 0 Å². The Morgan fingerprint density at radius 1 is 1.38 bits per heavy atom. The molecule has 0 amide bonds. The number of rotatable bonds is 2. The summed E-state index contributed by atoms with van der Waals surface area (Å²) in [7, 11) is 0. The van der Waals surface area contributed by atoms with Crippen molar-refractivity contribution < 1.29 is 9.50 Å². The Morgan fingerprint density at radius 2 is 2.12 bits per heavy atom. The quantitative estimate of drug-likeness (QED) is 0.870. The van der Waals surface area contributed by atoms with Crippen molar-refractivity contribution in [3.05, 3.63) is 55.4 Å². The van der Waals surface area contributed by atoms with Crippen LogP contribution in [0.15, 0.2) is 34.1 Å². The molecule has 0 aliphatic carbocycles. The minimum absolute atomic E-state index is 0.360. The molecule has 0 saturated carbocycles. The van der Waals surface area contributed by atoms with E-state index in [9.17, 15) is 9.50 Å². The molecular formula is C11H7BrClFOS. The minimum atomic E-state index is -0.889. The largest absolute Gasteiger partial charge is 0.383 e. The van der Waals surface area contributed by atoms with Gasteiger partial charge in [0.1, 0.15) is 11.9 Å². The summed E-state index contributed by atoms with van der Waals surface area (Å²) in [5, 5.41) is 12.3. The summed E-state index contributed by atoms with van der Waals surface area (Å²) in [6, 6.07) is 5.75. The van der Waals surface area contributed by atoms with Crippen LogP contribution in [0.3, 0.4) is 0 Å². The van der Waals surface area contributed by atoms with E-state index in [1.54, 1.807) is 6.07 Å². The lowest BCUT2D eigenvalue weighted by Crippen LogP contribution is -1.98. The first-order chi connectivity index (χ1) is 7.58. The first-order valence-electron chi connectivity index (χ1n) is 4.45. The smallest absolute Gasteiger partial charge is 0.123 e. The Kier molecular flexibility index (Phi) is 3.64. The van der Waals surface area contributed by atoms with Crippen molar-refractivity contribution in [2.75, 3.05) is 0 Å². The van der Waals surface area contributed by atoms with Crippen LogP contribution in [0, 0.1) is 5.82 Å². The van der Waals surface area contributed by atoms with E-state index in [2.05, 4.69) is 15.9 Å². The van der Waals surface area contributed by atoms with Crippen LogP contribution < -0.4 is 0 Å². The van der Waals surface area contributed by atoms with Crippen molar-refractivity contribution in [3.63, 3.8) is 0 Å². The standard InChI is InChI=1S/C11H7BrClFOS/c12-6-3-10(16-5-6)11(15)8-4-7(14)1-2-9(8)13/h1-5,11,15H. The van der Waals surface area contributed by atoms with Crippen molar-refractivity contribution in [1.82, 2.24) is 0 Å². The lowest BCUT2D eigenvalue weighted by atomic mass is 10.1. The zero-order chi connectivity index (χ0) is 11.7. The highest BCUT2D eigenvalue weighted by Gasteiger charge is 2.16. The van der Waals surface area contributed by atoms with E-state index in [1.165, 1.54) is 29.5 Å². The number of hydrogen-bond donors (Lipinski definition) is 1. The Morgan fingerprint density at radius 3 is 2.75 bits per heavy atom. The van der Waals surface area contributed by atoms with Crippen LogP contribution in [0.5, 0.6) is 0 Å². The Balaban J connectivity index is 2.40. The van der Waals surface area contributed by atoms with E-state index in [0.29, 0.717) is 10.6 Å². The predicted octanol–water partition coefficient (Wildman–Crippen LogP) is 4.38. The molecule has 1 aromatic heterocycles. The van der Waals surface area contributed by atoms with Gasteiger partial charge in [0.25, 0.3) is 0 Å². The third kappa shape index (κ3) is 2.46. The predicted molar refractivity (Wildman–Crippen MR) is 67.5 cm³/mol. The SMILES string of the molecule is OC(c1cc(Br)cs1)c1cc(F)ccc1Cl. The van der Waals surface area contributed by atoms with E-state index in [0.717, 1.165) is 9.35 Å². The van der Waals surface area contributed by atoms with Gasteiger partial charge in [-0.05, 0) is 40.2 Å². The summed E-state index contributed by atoms with van der Waals surface area (Å²) < 4.78 is 13.9. The van der Waals surface area contributed by atoms with E-state index in [1.807, 2.05) is 5.38 Å². The second-order valence-electron chi connectivity index (χ2n) is 3.24. The molecule has 1 heterocycles. The molecular weight excluding hydrogens is 315 g/mol. The van der Waals surface area contributed by atoms with Gasteiger partial charge in [-0.1, -0.05) is 11.6 Å². The van der Waals surface area contributed by atoms with Crippen molar-refractivity contribution in [3.8, 4) is 0 Å². The van der Waals surface area contributed by atoms with Gasteiger partial charge < -0.3 is 5.11 Å². The van der Waals surface area contributed by atoms with Crippen LogP contribution in [0.4, 0.5) is 4.39 Å². The molecule has 2 rings (SSSR count). The van der Waals surface area contributed by atoms with Gasteiger partial charge in [0.05, 0.1) is 0 Å². The molecule has 1 nitrogen and oxygen atoms in total. The molecule has 84 valence electrons. The molecule has 1 aromatic carbocycles. The summed E-state index contributed by atoms with van der Waals surface area (Å²) in [5.74, 6) is -0.408. The Bertz CT molecular complexity index is 514. The summed E-state index contributed by atoms with van der Waals surface area (Å²) in [5.41, 5.74) is 0.385. The maximum atomic E-state index is 13.1. The highest BCUT2D eigenvalue weighted by molar-refractivity contribution is 9.10. The second-order valence-corrected chi connectivity index (χ2v) is 5.50. The Labute approximate surface area is 110 Å². The normalized spacial score (nSPS) is 12.8. The van der Waals surface area contributed by atoms with Crippen molar-refractivity contribution in [1.29, 1.82) is 0 Å². The molecule has 16 heavy (non-hydrogen) atoms. The average molecular weight is 322 g/mol. The molecule has 0 spiro atoms. The molecule has 1 N–H and O–H groups in total. The Hall–Kier alpha value is -0.420. The molecule has 1 atom stereocenters. The van der Waals surface area contributed by atoms with E-state index in [4.69, 9.17) is 11.6 Å². The number of aliphatic hydroxyl groups is 1. The molecule has 0 fully saturated rings. The summed E-state index contributed by atoms with van der Waals surface area (Å²) in [4.78, 5) is 0.722. The third-order valence-corrected chi connectivity index (χ3v) is 4.20. The van der Waals surface area contributed by atoms with Crippen molar-refractivity contribution in [2.24, 2.45) is 0 Å². The van der Waals surface area contributed by atoms with Gasteiger partial charge in [-0.15, -0.1) is 11.3 Å². The highest BCUT2D eigenvalue weighted by atomic mass is 79.9. The lowest BCUT2D eigenvalue weighted by molar-refractivity contribution is 0.223. The molecule has 0 aliphatic heterocycles. The molecule has 0 aliphatic rings. The summed E-state index contributed by atoms with van der Waals surface area (Å²) in [6.07, 6.45) is -0.889. The third-order valence-electron chi connectivity index (χ3n) is 2.11. The fraction of sp³-hybridized carbons (Fsp3) is 0.0909. The highest BCUT2D eigenvalue weighted by Crippen LogP contribution is 2.33. The summed E-state index contributed by atoms with van der Waals surface area (Å²) >= 11 is 10.6. The summed E-state index contributed by atoms with van der Waals surface area (Å²) in [6.45, 7) is 0. The second kappa shape index (κ2) is 4.84. The maximum Gasteiger partial charge on any atom is 0.123 e. The van der Waals surface area contributed by atoms with E-state index >= 15 is 0 Å². The number of aliphatic hydroxyl groups excluding tert-OH is 1. The topological polar surface area (TPSA) is 20.2 Å². The lowest BCUT2D eigenvalue weighted by Gasteiger charge is -2.10. The van der Waals surface area contributed by atoms with Crippen LogP contribution in [-0.4, -0.2) is 5.11 Å². The van der Waals surface area contributed by atoms with Gasteiger partial charge in [0.15, 0.2) is 0 Å². The van der Waals surface area contributed by atoms with Crippen LogP contribution in [0.25, 0.3) is 0 Å². The van der Waals surface area contributed by atoms with Crippen LogP contribution in [0.2, 0.25) is 5.02 Å². The van der Waals surface area contributed by atoms with Crippen LogP contribution in [0.1, 0.15) is 16.5 Å².